The first-order valence-electron chi connectivity index (χ1n) is 4.37. The van der Waals surface area contributed by atoms with Crippen molar-refractivity contribution in [2.75, 3.05) is 18.1 Å². The zero-order valence-electron chi connectivity index (χ0n) is 8.01. The second kappa shape index (κ2) is 4.95. The summed E-state index contributed by atoms with van der Waals surface area (Å²) >= 11 is 0. The molecular weight excluding hydrogens is 202 g/mol. The van der Waals surface area contributed by atoms with Gasteiger partial charge in [-0.25, -0.2) is 8.42 Å². The van der Waals surface area contributed by atoms with E-state index in [2.05, 4.69) is 4.98 Å². The minimum Gasteiger partial charge on any atom is -0.491 e. The average Bonchev–Trinajstić information content (AvgIpc) is 2.19. The number of sulfone groups is 1. The number of pyridine rings is 1. The average molecular weight is 215 g/mol. The van der Waals surface area contributed by atoms with Crippen molar-refractivity contribution in [2.45, 2.75) is 6.92 Å². The lowest BCUT2D eigenvalue weighted by molar-refractivity contribution is 0.339. The Bertz CT molecular complexity index is 361. The van der Waals surface area contributed by atoms with E-state index in [1.165, 1.54) is 0 Å². The molecule has 0 saturated heterocycles. The van der Waals surface area contributed by atoms with Crippen LogP contribution >= 0.6 is 0 Å². The molecule has 1 heterocycles. The van der Waals surface area contributed by atoms with E-state index >= 15 is 0 Å². The third-order valence-electron chi connectivity index (χ3n) is 1.74. The lowest BCUT2D eigenvalue weighted by atomic mass is 10.5. The SMILES string of the molecule is CCS(=O)(=O)CCOc1cccnc1. The van der Waals surface area contributed by atoms with Crippen LogP contribution in [0.25, 0.3) is 0 Å². The first-order valence-corrected chi connectivity index (χ1v) is 6.19. The molecule has 0 saturated carbocycles. The molecule has 0 bridgehead atoms. The molecule has 5 heteroatoms. The minimum atomic E-state index is -2.94. The molecule has 0 spiro atoms. The summed E-state index contributed by atoms with van der Waals surface area (Å²) in [6.07, 6.45) is 3.19. The molecule has 0 radical (unpaired) electrons. The quantitative estimate of drug-likeness (QED) is 0.732. The number of ether oxygens (including phenoxy) is 1. The van der Waals surface area contributed by atoms with E-state index < -0.39 is 9.84 Å². The summed E-state index contributed by atoms with van der Waals surface area (Å²) < 4.78 is 27.4. The fourth-order valence-electron chi connectivity index (χ4n) is 0.863. The fourth-order valence-corrected chi connectivity index (χ4v) is 1.49. The Labute approximate surface area is 83.8 Å². The predicted octanol–water partition coefficient (Wildman–Crippen LogP) is 0.895. The molecule has 1 aromatic rings. The maximum Gasteiger partial charge on any atom is 0.153 e. The first kappa shape index (κ1) is 11.0. The number of hydrogen-bond donors (Lipinski definition) is 0. The van der Waals surface area contributed by atoms with Gasteiger partial charge in [-0.15, -0.1) is 0 Å². The highest BCUT2D eigenvalue weighted by Gasteiger charge is 2.06. The van der Waals surface area contributed by atoms with E-state index in [-0.39, 0.29) is 18.1 Å². The first-order chi connectivity index (χ1) is 6.64. The lowest BCUT2D eigenvalue weighted by Crippen LogP contribution is -2.15. The van der Waals surface area contributed by atoms with Gasteiger partial charge >= 0.3 is 0 Å². The molecule has 0 aromatic carbocycles. The summed E-state index contributed by atoms with van der Waals surface area (Å²) in [5.74, 6) is 0.806. The molecule has 14 heavy (non-hydrogen) atoms. The van der Waals surface area contributed by atoms with Crippen LogP contribution in [0.2, 0.25) is 0 Å². The van der Waals surface area contributed by atoms with Gasteiger partial charge in [-0.1, -0.05) is 6.92 Å². The van der Waals surface area contributed by atoms with Crippen LogP contribution in [0, 0.1) is 0 Å². The van der Waals surface area contributed by atoms with Crippen molar-refractivity contribution in [3.63, 3.8) is 0 Å². The van der Waals surface area contributed by atoms with E-state index in [0.29, 0.717) is 5.75 Å². The Morgan fingerprint density at radius 1 is 1.50 bits per heavy atom. The van der Waals surface area contributed by atoms with Crippen molar-refractivity contribution < 1.29 is 13.2 Å². The van der Waals surface area contributed by atoms with E-state index in [1.807, 2.05) is 0 Å². The molecule has 1 rings (SSSR count). The smallest absolute Gasteiger partial charge is 0.153 e. The Balaban J connectivity index is 2.37. The monoisotopic (exact) mass is 215 g/mol. The molecule has 4 nitrogen and oxygen atoms in total. The highest BCUT2D eigenvalue weighted by atomic mass is 32.2. The van der Waals surface area contributed by atoms with Crippen molar-refractivity contribution >= 4 is 9.84 Å². The number of rotatable bonds is 5. The van der Waals surface area contributed by atoms with Crippen LogP contribution in [0.3, 0.4) is 0 Å². The van der Waals surface area contributed by atoms with Gasteiger partial charge in [-0.2, -0.15) is 0 Å². The molecule has 0 aliphatic rings. The molecule has 1 aromatic heterocycles. The lowest BCUT2D eigenvalue weighted by Gasteiger charge is -2.04. The summed E-state index contributed by atoms with van der Waals surface area (Å²) in [5, 5.41) is 0. The molecule has 78 valence electrons. The van der Waals surface area contributed by atoms with Gasteiger partial charge in [0.15, 0.2) is 9.84 Å². The molecule has 0 atom stereocenters. The van der Waals surface area contributed by atoms with Gasteiger partial charge in [0, 0.05) is 11.9 Å². The fraction of sp³-hybridized carbons (Fsp3) is 0.444. The predicted molar refractivity (Wildman–Crippen MR) is 54.1 cm³/mol. The van der Waals surface area contributed by atoms with Gasteiger partial charge < -0.3 is 4.74 Å². The van der Waals surface area contributed by atoms with Crippen molar-refractivity contribution in [1.29, 1.82) is 0 Å². The van der Waals surface area contributed by atoms with Crippen molar-refractivity contribution in [3.8, 4) is 5.75 Å². The van der Waals surface area contributed by atoms with Crippen LogP contribution in [0.4, 0.5) is 0 Å². The zero-order chi connectivity index (χ0) is 10.4. The van der Waals surface area contributed by atoms with Crippen molar-refractivity contribution in [2.24, 2.45) is 0 Å². The summed E-state index contributed by atoms with van der Waals surface area (Å²) in [5.41, 5.74) is 0. The van der Waals surface area contributed by atoms with Gasteiger partial charge in [0.1, 0.15) is 12.4 Å². The van der Waals surface area contributed by atoms with Crippen LogP contribution < -0.4 is 4.74 Å². The maximum atomic E-state index is 11.1. The van der Waals surface area contributed by atoms with Crippen LogP contribution in [0.15, 0.2) is 24.5 Å². The number of nitrogens with zero attached hydrogens (tertiary/aromatic N) is 1. The van der Waals surface area contributed by atoms with E-state index in [1.54, 1.807) is 31.5 Å². The number of aromatic nitrogens is 1. The van der Waals surface area contributed by atoms with Crippen molar-refractivity contribution in [1.82, 2.24) is 4.98 Å². The molecule has 0 unspecified atom stereocenters. The molecule has 0 aliphatic heterocycles. The van der Waals surface area contributed by atoms with E-state index in [0.717, 1.165) is 0 Å². The molecular formula is C9H13NO3S. The molecule has 0 fully saturated rings. The van der Waals surface area contributed by atoms with Crippen LogP contribution in [0.1, 0.15) is 6.92 Å². The van der Waals surface area contributed by atoms with E-state index in [9.17, 15) is 8.42 Å². The largest absolute Gasteiger partial charge is 0.491 e. The zero-order valence-corrected chi connectivity index (χ0v) is 8.83. The van der Waals surface area contributed by atoms with Crippen LogP contribution in [-0.2, 0) is 9.84 Å². The minimum absolute atomic E-state index is 0.0540. The number of hydrogen-bond acceptors (Lipinski definition) is 4. The Morgan fingerprint density at radius 3 is 2.86 bits per heavy atom. The van der Waals surface area contributed by atoms with Crippen LogP contribution in [-0.4, -0.2) is 31.5 Å². The van der Waals surface area contributed by atoms with Gasteiger partial charge in [0.25, 0.3) is 0 Å². The maximum absolute atomic E-state index is 11.1. The summed E-state index contributed by atoms with van der Waals surface area (Å²) in [6, 6.07) is 3.48. The van der Waals surface area contributed by atoms with Gasteiger partial charge in [0.2, 0.25) is 0 Å². The Hall–Kier alpha value is -1.10. The van der Waals surface area contributed by atoms with E-state index in [4.69, 9.17) is 4.74 Å². The highest BCUT2D eigenvalue weighted by molar-refractivity contribution is 7.91. The van der Waals surface area contributed by atoms with Gasteiger partial charge in [-0.05, 0) is 12.1 Å². The van der Waals surface area contributed by atoms with Gasteiger partial charge in [0.05, 0.1) is 11.9 Å². The van der Waals surface area contributed by atoms with Crippen LogP contribution in [0.5, 0.6) is 5.75 Å². The van der Waals surface area contributed by atoms with Crippen molar-refractivity contribution in [3.05, 3.63) is 24.5 Å². The summed E-state index contributed by atoms with van der Waals surface area (Å²) in [4.78, 5) is 3.85. The highest BCUT2D eigenvalue weighted by Crippen LogP contribution is 2.05. The third kappa shape index (κ3) is 3.74. The second-order valence-corrected chi connectivity index (χ2v) is 5.25. The normalized spacial score (nSPS) is 11.2. The molecule has 0 amide bonds. The Kier molecular flexibility index (Phi) is 3.88. The molecule has 0 aliphatic carbocycles. The van der Waals surface area contributed by atoms with Gasteiger partial charge in [-0.3, -0.25) is 4.98 Å². The third-order valence-corrected chi connectivity index (χ3v) is 3.41. The molecule has 0 N–H and O–H groups in total. The standard InChI is InChI=1S/C9H13NO3S/c1-2-14(11,12)7-6-13-9-4-3-5-10-8-9/h3-5,8H,2,6-7H2,1H3. The summed E-state index contributed by atoms with van der Waals surface area (Å²) in [7, 11) is -2.94. The summed E-state index contributed by atoms with van der Waals surface area (Å²) in [6.45, 7) is 1.81. The topological polar surface area (TPSA) is 56.3 Å². The second-order valence-electron chi connectivity index (χ2n) is 2.77. The Morgan fingerprint density at radius 2 is 2.29 bits per heavy atom.